The maximum absolute atomic E-state index is 12.2. The van der Waals surface area contributed by atoms with Gasteiger partial charge in [0.2, 0.25) is 5.91 Å². The molecule has 24 heavy (non-hydrogen) atoms. The fourth-order valence-electron chi connectivity index (χ4n) is 2.52. The quantitative estimate of drug-likeness (QED) is 0.786. The van der Waals surface area contributed by atoms with E-state index in [2.05, 4.69) is 15.4 Å². The number of amides is 1. The molecule has 0 saturated carbocycles. The van der Waals surface area contributed by atoms with Crippen LogP contribution in [0.5, 0.6) is 0 Å². The Hall–Kier alpha value is -2.95. The van der Waals surface area contributed by atoms with Gasteiger partial charge in [-0.15, -0.1) is 0 Å². The van der Waals surface area contributed by atoms with E-state index in [0.29, 0.717) is 6.42 Å². The predicted molar refractivity (Wildman–Crippen MR) is 92.8 cm³/mol. The molecule has 2 aromatic carbocycles. The van der Waals surface area contributed by atoms with E-state index in [1.807, 2.05) is 62.4 Å². The summed E-state index contributed by atoms with van der Waals surface area (Å²) in [5, 5.41) is 7.14. The van der Waals surface area contributed by atoms with E-state index < -0.39 is 0 Å². The zero-order valence-electron chi connectivity index (χ0n) is 13.8. The van der Waals surface area contributed by atoms with Crippen LogP contribution in [0.2, 0.25) is 0 Å². The highest BCUT2D eigenvalue weighted by Crippen LogP contribution is 2.15. The summed E-state index contributed by atoms with van der Waals surface area (Å²) in [6.45, 7) is 4.02. The first-order valence-corrected chi connectivity index (χ1v) is 7.92. The van der Waals surface area contributed by atoms with Gasteiger partial charge in [-0.05, 0) is 37.1 Å². The zero-order chi connectivity index (χ0) is 16.9. The van der Waals surface area contributed by atoms with E-state index >= 15 is 0 Å². The first-order valence-electron chi connectivity index (χ1n) is 7.92. The van der Waals surface area contributed by atoms with Gasteiger partial charge < -0.3 is 5.32 Å². The number of benzene rings is 2. The lowest BCUT2D eigenvalue weighted by atomic mass is 10.1. The third kappa shape index (κ3) is 3.87. The van der Waals surface area contributed by atoms with Crippen molar-refractivity contribution in [3.63, 3.8) is 0 Å². The number of hydrogen-bond donors (Lipinski definition) is 1. The Kier molecular flexibility index (Phi) is 4.70. The smallest absolute Gasteiger partial charge is 0.224 e. The van der Waals surface area contributed by atoms with Gasteiger partial charge in [0.1, 0.15) is 12.7 Å². The highest BCUT2D eigenvalue weighted by Gasteiger charge is 2.10. The van der Waals surface area contributed by atoms with Crippen LogP contribution in [0.1, 0.15) is 29.7 Å². The van der Waals surface area contributed by atoms with Crippen LogP contribution in [0.4, 0.5) is 0 Å². The molecule has 1 aromatic heterocycles. The molecule has 0 aliphatic carbocycles. The minimum absolute atomic E-state index is 0.0201. The molecule has 122 valence electrons. The van der Waals surface area contributed by atoms with Gasteiger partial charge in [-0.2, -0.15) is 5.10 Å². The lowest BCUT2D eigenvalue weighted by molar-refractivity contribution is -0.121. The number of aryl methyl sites for hydroxylation is 1. The van der Waals surface area contributed by atoms with Crippen LogP contribution >= 0.6 is 0 Å². The molecule has 0 spiro atoms. The van der Waals surface area contributed by atoms with Crippen molar-refractivity contribution >= 4 is 5.91 Å². The summed E-state index contributed by atoms with van der Waals surface area (Å²) in [5.74, 6) is 0.0201. The summed E-state index contributed by atoms with van der Waals surface area (Å²) in [6, 6.07) is 15.9. The van der Waals surface area contributed by atoms with E-state index in [1.54, 1.807) is 11.0 Å². The average Bonchev–Trinajstić information content (AvgIpc) is 3.11. The maximum atomic E-state index is 12.2. The molecule has 1 N–H and O–H groups in total. The Morgan fingerprint density at radius 3 is 2.46 bits per heavy atom. The van der Waals surface area contributed by atoms with Crippen LogP contribution in [0.15, 0.2) is 61.2 Å². The molecule has 1 amide bonds. The fourth-order valence-corrected chi connectivity index (χ4v) is 2.52. The Bertz CT molecular complexity index is 792. The molecular formula is C19H20N4O. The van der Waals surface area contributed by atoms with Crippen LogP contribution in [0.3, 0.4) is 0 Å². The van der Waals surface area contributed by atoms with Crippen molar-refractivity contribution in [3.8, 4) is 5.69 Å². The van der Waals surface area contributed by atoms with Crippen molar-refractivity contribution in [1.82, 2.24) is 20.1 Å². The van der Waals surface area contributed by atoms with E-state index in [0.717, 1.165) is 16.8 Å². The number of aromatic nitrogens is 3. The van der Waals surface area contributed by atoms with Gasteiger partial charge >= 0.3 is 0 Å². The van der Waals surface area contributed by atoms with Gasteiger partial charge in [0, 0.05) is 0 Å². The summed E-state index contributed by atoms with van der Waals surface area (Å²) in [7, 11) is 0. The van der Waals surface area contributed by atoms with E-state index in [-0.39, 0.29) is 11.9 Å². The maximum Gasteiger partial charge on any atom is 0.224 e. The predicted octanol–water partition coefficient (Wildman–Crippen LogP) is 3.00. The Morgan fingerprint density at radius 2 is 1.83 bits per heavy atom. The van der Waals surface area contributed by atoms with E-state index in [1.165, 1.54) is 11.9 Å². The van der Waals surface area contributed by atoms with Crippen molar-refractivity contribution < 1.29 is 4.79 Å². The molecule has 1 heterocycles. The number of hydrogen-bond acceptors (Lipinski definition) is 3. The van der Waals surface area contributed by atoms with Gasteiger partial charge in [-0.25, -0.2) is 9.67 Å². The van der Waals surface area contributed by atoms with Crippen LogP contribution in [-0.2, 0) is 11.2 Å². The summed E-state index contributed by atoms with van der Waals surface area (Å²) >= 11 is 0. The monoisotopic (exact) mass is 320 g/mol. The molecule has 3 aromatic rings. The van der Waals surface area contributed by atoms with Crippen molar-refractivity contribution in [2.24, 2.45) is 0 Å². The molecule has 0 unspecified atom stereocenters. The highest BCUT2D eigenvalue weighted by molar-refractivity contribution is 5.79. The summed E-state index contributed by atoms with van der Waals surface area (Å²) in [5.41, 5.74) is 4.21. The lowest BCUT2D eigenvalue weighted by Gasteiger charge is -2.15. The molecule has 0 saturated heterocycles. The van der Waals surface area contributed by atoms with Crippen molar-refractivity contribution in [1.29, 1.82) is 0 Å². The number of nitrogens with one attached hydrogen (secondary N) is 1. The minimum atomic E-state index is -0.0484. The minimum Gasteiger partial charge on any atom is -0.349 e. The molecule has 5 heteroatoms. The topological polar surface area (TPSA) is 59.8 Å². The Morgan fingerprint density at radius 1 is 1.12 bits per heavy atom. The molecule has 0 fully saturated rings. The van der Waals surface area contributed by atoms with Crippen LogP contribution in [-0.4, -0.2) is 20.7 Å². The van der Waals surface area contributed by atoms with Gasteiger partial charge in [0.05, 0.1) is 18.2 Å². The summed E-state index contributed by atoms with van der Waals surface area (Å²) in [6.07, 6.45) is 3.55. The SMILES string of the molecule is Cc1ccc(CC(=O)N[C@H](C)c2ccc(-n3cncn3)cc2)cc1. The van der Waals surface area contributed by atoms with Crippen LogP contribution in [0.25, 0.3) is 5.69 Å². The summed E-state index contributed by atoms with van der Waals surface area (Å²) in [4.78, 5) is 16.1. The highest BCUT2D eigenvalue weighted by atomic mass is 16.1. The molecule has 0 aliphatic rings. The van der Waals surface area contributed by atoms with E-state index in [9.17, 15) is 4.79 Å². The number of rotatable bonds is 5. The summed E-state index contributed by atoms with van der Waals surface area (Å²) < 4.78 is 1.70. The van der Waals surface area contributed by atoms with Gasteiger partial charge in [-0.3, -0.25) is 4.79 Å². The number of carbonyl (C=O) groups excluding carboxylic acids is 1. The second-order valence-electron chi connectivity index (χ2n) is 5.88. The second kappa shape index (κ2) is 7.08. The molecule has 0 bridgehead atoms. The van der Waals surface area contributed by atoms with Crippen molar-refractivity contribution in [3.05, 3.63) is 77.9 Å². The average molecular weight is 320 g/mol. The largest absolute Gasteiger partial charge is 0.349 e. The van der Waals surface area contributed by atoms with Gasteiger partial charge in [0.15, 0.2) is 0 Å². The fraction of sp³-hybridized carbons (Fsp3) is 0.211. The van der Waals surface area contributed by atoms with Crippen LogP contribution in [0, 0.1) is 6.92 Å². The number of nitrogens with zero attached hydrogens (tertiary/aromatic N) is 3. The van der Waals surface area contributed by atoms with Crippen molar-refractivity contribution in [2.75, 3.05) is 0 Å². The first-order chi connectivity index (χ1) is 11.6. The Balaban J connectivity index is 1.60. The third-order valence-electron chi connectivity index (χ3n) is 3.94. The molecule has 3 rings (SSSR count). The van der Waals surface area contributed by atoms with Gasteiger partial charge in [-0.1, -0.05) is 42.0 Å². The first kappa shape index (κ1) is 15.9. The molecule has 0 radical (unpaired) electrons. The molecule has 5 nitrogen and oxygen atoms in total. The standard InChI is InChI=1S/C19H20N4O/c1-14-3-5-16(6-4-14)11-19(24)22-15(2)17-7-9-18(10-8-17)23-13-20-12-21-23/h3-10,12-13,15H,11H2,1-2H3,(H,22,24)/t15-/m1/s1. The van der Waals surface area contributed by atoms with Crippen molar-refractivity contribution in [2.45, 2.75) is 26.3 Å². The molecular weight excluding hydrogens is 300 g/mol. The second-order valence-corrected chi connectivity index (χ2v) is 5.88. The number of carbonyl (C=O) groups is 1. The Labute approximate surface area is 141 Å². The molecule has 0 aliphatic heterocycles. The van der Waals surface area contributed by atoms with Gasteiger partial charge in [0.25, 0.3) is 0 Å². The zero-order valence-corrected chi connectivity index (χ0v) is 13.8. The van der Waals surface area contributed by atoms with E-state index in [4.69, 9.17) is 0 Å². The third-order valence-corrected chi connectivity index (χ3v) is 3.94. The molecule has 1 atom stereocenters. The lowest BCUT2D eigenvalue weighted by Crippen LogP contribution is -2.28. The van der Waals surface area contributed by atoms with Crippen LogP contribution < -0.4 is 5.32 Å². The normalized spacial score (nSPS) is 11.9.